The molecular weight excluding hydrogens is 413 g/mol. The molecule has 1 N–H and O–H groups in total. The predicted molar refractivity (Wildman–Crippen MR) is 116 cm³/mol. The number of halogens is 2. The van der Waals surface area contributed by atoms with Gasteiger partial charge in [-0.05, 0) is 54.8 Å². The molecule has 0 aliphatic carbocycles. The van der Waals surface area contributed by atoms with E-state index in [4.69, 9.17) is 23.2 Å². The van der Waals surface area contributed by atoms with Crippen LogP contribution in [-0.2, 0) is 0 Å². The smallest absolute Gasteiger partial charge is 0.274 e. The molecule has 4 aromatic rings. The van der Waals surface area contributed by atoms with Gasteiger partial charge in [0, 0.05) is 5.69 Å². The molecule has 28 heavy (non-hydrogen) atoms. The summed E-state index contributed by atoms with van der Waals surface area (Å²) in [6.07, 6.45) is 0. The topological polar surface area (TPSA) is 46.9 Å². The maximum Gasteiger partial charge on any atom is 0.274 e. The molecule has 140 valence electrons. The SMILES string of the molecule is Cc1ccc(NC(=O)c2cc(-c3cccs3)nn2-c2ccc(Cl)c(Cl)c2)cc1. The van der Waals surface area contributed by atoms with E-state index in [0.717, 1.165) is 21.8 Å². The van der Waals surface area contributed by atoms with E-state index in [2.05, 4.69) is 10.4 Å². The molecule has 0 aliphatic heterocycles. The number of hydrogen-bond donors (Lipinski definition) is 1. The van der Waals surface area contributed by atoms with Gasteiger partial charge in [-0.25, -0.2) is 4.68 Å². The summed E-state index contributed by atoms with van der Waals surface area (Å²) < 4.78 is 1.58. The van der Waals surface area contributed by atoms with Gasteiger partial charge in [-0.2, -0.15) is 5.10 Å². The first kappa shape index (κ1) is 18.7. The molecule has 0 unspecified atom stereocenters. The Hall–Kier alpha value is -2.60. The lowest BCUT2D eigenvalue weighted by Crippen LogP contribution is -2.17. The number of hydrogen-bond acceptors (Lipinski definition) is 3. The fourth-order valence-corrected chi connectivity index (χ4v) is 3.71. The molecule has 0 aliphatic rings. The second-order valence-corrected chi connectivity index (χ2v) is 7.98. The fraction of sp³-hybridized carbons (Fsp3) is 0.0476. The maximum atomic E-state index is 13.0. The van der Waals surface area contributed by atoms with Crippen LogP contribution in [0.5, 0.6) is 0 Å². The highest BCUT2D eigenvalue weighted by Crippen LogP contribution is 2.29. The second kappa shape index (κ2) is 7.80. The number of carbonyl (C=O) groups is 1. The van der Waals surface area contributed by atoms with Gasteiger partial charge in [0.2, 0.25) is 0 Å². The van der Waals surface area contributed by atoms with Crippen LogP contribution in [0.4, 0.5) is 5.69 Å². The van der Waals surface area contributed by atoms with Gasteiger partial charge in [0.1, 0.15) is 11.4 Å². The van der Waals surface area contributed by atoms with Crippen molar-refractivity contribution < 1.29 is 4.79 Å². The van der Waals surface area contributed by atoms with Crippen LogP contribution in [0.25, 0.3) is 16.3 Å². The Bertz CT molecular complexity index is 1140. The lowest BCUT2D eigenvalue weighted by atomic mass is 10.2. The first-order chi connectivity index (χ1) is 13.5. The molecule has 2 aromatic heterocycles. The third kappa shape index (κ3) is 3.83. The summed E-state index contributed by atoms with van der Waals surface area (Å²) in [6, 6.07) is 18.5. The number of rotatable bonds is 4. The number of amides is 1. The first-order valence-corrected chi connectivity index (χ1v) is 10.1. The molecule has 2 aromatic carbocycles. The van der Waals surface area contributed by atoms with E-state index in [1.807, 2.05) is 48.7 Å². The average molecular weight is 428 g/mol. The van der Waals surface area contributed by atoms with Gasteiger partial charge in [0.05, 0.1) is 20.6 Å². The quantitative estimate of drug-likeness (QED) is 0.405. The largest absolute Gasteiger partial charge is 0.321 e. The first-order valence-electron chi connectivity index (χ1n) is 8.48. The predicted octanol–water partition coefficient (Wildman–Crippen LogP) is 6.47. The van der Waals surface area contributed by atoms with E-state index in [9.17, 15) is 4.79 Å². The van der Waals surface area contributed by atoms with Gasteiger partial charge in [0.25, 0.3) is 5.91 Å². The number of anilines is 1. The number of aromatic nitrogens is 2. The summed E-state index contributed by atoms with van der Waals surface area (Å²) in [5.74, 6) is -0.259. The van der Waals surface area contributed by atoms with Crippen LogP contribution in [-0.4, -0.2) is 15.7 Å². The number of benzene rings is 2. The molecule has 7 heteroatoms. The molecule has 0 spiro atoms. The zero-order valence-corrected chi connectivity index (χ0v) is 17.1. The summed E-state index contributed by atoms with van der Waals surface area (Å²) in [5.41, 5.74) is 3.62. The third-order valence-corrected chi connectivity index (χ3v) is 5.80. The van der Waals surface area contributed by atoms with Crippen LogP contribution < -0.4 is 5.32 Å². The van der Waals surface area contributed by atoms with E-state index < -0.39 is 0 Å². The van der Waals surface area contributed by atoms with Crippen LogP contribution in [0, 0.1) is 6.92 Å². The van der Waals surface area contributed by atoms with E-state index in [-0.39, 0.29) is 5.91 Å². The third-order valence-electron chi connectivity index (χ3n) is 4.17. The minimum Gasteiger partial charge on any atom is -0.321 e. The molecule has 4 nitrogen and oxygen atoms in total. The van der Waals surface area contributed by atoms with Gasteiger partial charge >= 0.3 is 0 Å². The highest BCUT2D eigenvalue weighted by Gasteiger charge is 2.19. The van der Waals surface area contributed by atoms with Gasteiger partial charge in [-0.1, -0.05) is 47.0 Å². The Labute approximate surface area is 176 Å². The van der Waals surface area contributed by atoms with Crippen LogP contribution >= 0.6 is 34.5 Å². The molecular formula is C21H15Cl2N3OS. The van der Waals surface area contributed by atoms with Crippen molar-refractivity contribution in [1.29, 1.82) is 0 Å². The minimum atomic E-state index is -0.259. The average Bonchev–Trinajstić information content (AvgIpc) is 3.35. The van der Waals surface area contributed by atoms with Crippen LogP contribution in [0.1, 0.15) is 16.1 Å². The highest BCUT2D eigenvalue weighted by atomic mass is 35.5. The maximum absolute atomic E-state index is 13.0. The molecule has 0 bridgehead atoms. The summed E-state index contributed by atoms with van der Waals surface area (Å²) in [4.78, 5) is 14.0. The Morgan fingerprint density at radius 3 is 2.50 bits per heavy atom. The van der Waals surface area contributed by atoms with Crippen molar-refractivity contribution in [2.75, 3.05) is 5.32 Å². The van der Waals surface area contributed by atoms with Crippen molar-refractivity contribution in [3.63, 3.8) is 0 Å². The summed E-state index contributed by atoms with van der Waals surface area (Å²) in [6.45, 7) is 2.00. The second-order valence-electron chi connectivity index (χ2n) is 6.22. The van der Waals surface area contributed by atoms with E-state index >= 15 is 0 Å². The highest BCUT2D eigenvalue weighted by molar-refractivity contribution is 7.13. The number of thiophene rings is 1. The lowest BCUT2D eigenvalue weighted by molar-refractivity contribution is 0.101. The van der Waals surface area contributed by atoms with Crippen LogP contribution in [0.15, 0.2) is 66.0 Å². The normalized spacial score (nSPS) is 10.8. The zero-order chi connectivity index (χ0) is 19.7. The molecule has 0 atom stereocenters. The lowest BCUT2D eigenvalue weighted by Gasteiger charge is -2.09. The Morgan fingerprint density at radius 1 is 1.04 bits per heavy atom. The minimum absolute atomic E-state index is 0.259. The number of aryl methyl sites for hydroxylation is 1. The molecule has 0 radical (unpaired) electrons. The number of nitrogens with zero attached hydrogens (tertiary/aromatic N) is 2. The Kier molecular flexibility index (Phi) is 5.22. The fourth-order valence-electron chi connectivity index (χ4n) is 2.73. The molecule has 0 saturated carbocycles. The Morgan fingerprint density at radius 2 is 1.82 bits per heavy atom. The van der Waals surface area contributed by atoms with Gasteiger partial charge in [-0.3, -0.25) is 4.79 Å². The van der Waals surface area contributed by atoms with E-state index in [0.29, 0.717) is 21.4 Å². The standard InChI is InChI=1S/C21H15Cl2N3OS/c1-13-4-6-14(7-5-13)24-21(27)19-12-18(20-3-2-10-28-20)25-26(19)15-8-9-16(22)17(23)11-15/h2-12H,1H3,(H,24,27). The van der Waals surface area contributed by atoms with Crippen molar-refractivity contribution in [3.8, 4) is 16.3 Å². The van der Waals surface area contributed by atoms with Crippen LogP contribution in [0.2, 0.25) is 10.0 Å². The summed E-state index contributed by atoms with van der Waals surface area (Å²) in [7, 11) is 0. The monoisotopic (exact) mass is 427 g/mol. The number of carbonyl (C=O) groups excluding carboxylic acids is 1. The van der Waals surface area contributed by atoms with E-state index in [1.165, 1.54) is 0 Å². The summed E-state index contributed by atoms with van der Waals surface area (Å²) >= 11 is 13.8. The Balaban J connectivity index is 1.76. The van der Waals surface area contributed by atoms with Crippen molar-refractivity contribution >= 4 is 46.1 Å². The van der Waals surface area contributed by atoms with Crippen molar-refractivity contribution in [2.45, 2.75) is 6.92 Å². The van der Waals surface area contributed by atoms with Crippen molar-refractivity contribution in [2.24, 2.45) is 0 Å². The van der Waals surface area contributed by atoms with Gasteiger partial charge < -0.3 is 5.32 Å². The number of nitrogens with one attached hydrogen (secondary N) is 1. The van der Waals surface area contributed by atoms with Gasteiger partial charge in [-0.15, -0.1) is 11.3 Å². The van der Waals surface area contributed by atoms with Crippen molar-refractivity contribution in [1.82, 2.24) is 9.78 Å². The van der Waals surface area contributed by atoms with Crippen molar-refractivity contribution in [3.05, 3.63) is 87.3 Å². The molecule has 0 saturated heterocycles. The molecule has 2 heterocycles. The van der Waals surface area contributed by atoms with E-state index in [1.54, 1.807) is 40.3 Å². The van der Waals surface area contributed by atoms with Gasteiger partial charge in [0.15, 0.2) is 0 Å². The zero-order valence-electron chi connectivity index (χ0n) is 14.8. The van der Waals surface area contributed by atoms with Crippen LogP contribution in [0.3, 0.4) is 0 Å². The molecule has 4 rings (SSSR count). The summed E-state index contributed by atoms with van der Waals surface area (Å²) in [5, 5.41) is 10.4. The molecule has 0 fully saturated rings. The molecule has 1 amide bonds.